The molecule has 6 aliphatic rings. The van der Waals surface area contributed by atoms with E-state index in [-0.39, 0.29) is 93.0 Å². The molecule has 28 nitrogen and oxygen atoms in total. The van der Waals surface area contributed by atoms with Crippen LogP contribution in [0.1, 0.15) is 78.5 Å². The Bertz CT molecular complexity index is 5810. The van der Waals surface area contributed by atoms with E-state index in [0.29, 0.717) is 115 Å². The normalized spacial score (nSPS) is 15.9. The second-order valence-electron chi connectivity index (χ2n) is 30.9. The Kier molecular flexibility index (Phi) is 23.4. The third kappa shape index (κ3) is 17.4. The number of anilines is 9. The molecule has 6 aliphatic heterocycles. The van der Waals surface area contributed by atoms with Crippen LogP contribution in [0.3, 0.4) is 0 Å². The third-order valence-electron chi connectivity index (χ3n) is 22.4. The standard InChI is InChI=1S/C29H29F4N7O2.C29H32FN7O3.C28H30FN7O2/c1-17-14-19-21(36-17)5-7-23(25(19)30)42-27-24(28(41)40-8-3-9-40)26(34-16-35-27)37-18-4-6-22(20(15-18)29(31,32)33)39-12-10-38(2)11-13-39;1-18-14-21-23(33-18)6-7-24(26(21)30)40-28-25(29(39)37-8-3-9-37)27(31-17-32-28)34-22-5-4-20(15-19(22)16-38)36-12-10-35(2)11-13-36;1-18-15-21-22(32-18)7-8-23(25(21)29)38-27-24(28(37)36-9-4-10-36)26(30-17-31-27)33-19-5-3-6-20(16-19)35-13-11-34(2)12-14-35/h4-7,14-16,36H,3,8-13H2,1-2H3,(H,34,35,37);4-7,14-15,17,33,38H,3,8-13,16H2,1-2H3,(H,31,32,34);3,5-8,15-17,32H,4,9-14H2,1-2H3,(H,30,31,33). The summed E-state index contributed by atoms with van der Waals surface area (Å²) in [4.78, 5) is 93.3. The summed E-state index contributed by atoms with van der Waals surface area (Å²) in [5.41, 5.74) is 8.11. The molecule has 6 fully saturated rings. The van der Waals surface area contributed by atoms with Crippen molar-refractivity contribution in [3.63, 3.8) is 0 Å². The fourth-order valence-corrected chi connectivity index (χ4v) is 15.2. The predicted octanol–water partition coefficient (Wildman–Crippen LogP) is 14.1. The zero-order valence-corrected chi connectivity index (χ0v) is 67.1. The van der Waals surface area contributed by atoms with Crippen molar-refractivity contribution in [2.75, 3.05) is 170 Å². The van der Waals surface area contributed by atoms with Crippen molar-refractivity contribution in [3.05, 3.63) is 197 Å². The number of aromatic amines is 3. The second kappa shape index (κ2) is 34.6. The molecule has 12 heterocycles. The average molecular weight is 1640 g/mol. The van der Waals surface area contributed by atoms with E-state index in [1.54, 1.807) is 69.0 Å². The first-order valence-electron chi connectivity index (χ1n) is 39.9. The van der Waals surface area contributed by atoms with E-state index in [9.17, 15) is 32.7 Å². The Hall–Kier alpha value is -12.8. The number of nitrogens with zero attached hydrogens (tertiary/aromatic N) is 15. The number of aliphatic hydroxyl groups excluding tert-OH is 1. The smallest absolute Gasteiger partial charge is 0.418 e. The third-order valence-corrected chi connectivity index (χ3v) is 22.4. The number of hydrogen-bond acceptors (Lipinski definition) is 22. The van der Waals surface area contributed by atoms with Gasteiger partial charge in [0.2, 0.25) is 17.6 Å². The Labute approximate surface area is 687 Å². The van der Waals surface area contributed by atoms with Crippen molar-refractivity contribution in [1.29, 1.82) is 0 Å². The summed E-state index contributed by atoms with van der Waals surface area (Å²) < 4.78 is 106. The van der Waals surface area contributed by atoms with Crippen molar-refractivity contribution in [2.24, 2.45) is 0 Å². The summed E-state index contributed by atoms with van der Waals surface area (Å²) in [7, 11) is 6.17. The zero-order valence-electron chi connectivity index (χ0n) is 67.1. The number of nitrogens with one attached hydrogen (secondary N) is 6. The number of ether oxygens (including phenoxy) is 3. The Morgan fingerprint density at radius 3 is 1.18 bits per heavy atom. The molecule has 0 unspecified atom stereocenters. The number of aromatic nitrogens is 9. The molecule has 0 atom stereocenters. The van der Waals surface area contributed by atoms with Gasteiger partial charge in [0.1, 0.15) is 35.7 Å². The van der Waals surface area contributed by atoms with Crippen LogP contribution in [0.4, 0.5) is 77.9 Å². The number of fused-ring (bicyclic) bond motifs is 3. The second-order valence-corrected chi connectivity index (χ2v) is 30.9. The van der Waals surface area contributed by atoms with Crippen LogP contribution < -0.4 is 44.9 Å². The zero-order chi connectivity index (χ0) is 83.6. The quantitative estimate of drug-likeness (QED) is 0.0370. The predicted molar refractivity (Wildman–Crippen MR) is 446 cm³/mol. The van der Waals surface area contributed by atoms with Gasteiger partial charge in [0.05, 0.1) is 12.2 Å². The molecule has 0 aliphatic carbocycles. The first-order valence-corrected chi connectivity index (χ1v) is 39.9. The van der Waals surface area contributed by atoms with Crippen LogP contribution >= 0.6 is 0 Å². The van der Waals surface area contributed by atoms with E-state index in [2.05, 4.69) is 105 Å². The highest BCUT2D eigenvalue weighted by Gasteiger charge is 2.38. The van der Waals surface area contributed by atoms with Crippen molar-refractivity contribution in [1.82, 2.24) is 74.3 Å². The molecule has 12 aromatic rings. The molecule has 0 spiro atoms. The highest BCUT2D eigenvalue weighted by Crippen LogP contribution is 2.43. The molecule has 0 bridgehead atoms. The lowest BCUT2D eigenvalue weighted by Crippen LogP contribution is -2.45. The van der Waals surface area contributed by atoms with Crippen molar-refractivity contribution in [2.45, 2.75) is 52.8 Å². The van der Waals surface area contributed by atoms with Crippen LogP contribution in [-0.2, 0) is 12.8 Å². The molecule has 624 valence electrons. The average Bonchev–Trinajstić information content (AvgIpc) is 1.01. The topological polar surface area (TPSA) is 289 Å². The first-order chi connectivity index (χ1) is 57.9. The lowest BCUT2D eigenvalue weighted by atomic mass is 10.1. The first kappa shape index (κ1) is 81.0. The molecule has 7 N–H and O–H groups in total. The Morgan fingerprint density at radius 1 is 0.425 bits per heavy atom. The number of likely N-dealkylation sites (N-methyl/N-ethyl adjacent to an activating group) is 3. The number of amides is 3. The van der Waals surface area contributed by atoms with E-state index in [1.165, 1.54) is 36.9 Å². The monoisotopic (exact) mass is 1640 g/mol. The Morgan fingerprint density at radius 2 is 0.800 bits per heavy atom. The van der Waals surface area contributed by atoms with Crippen LogP contribution in [0.15, 0.2) is 134 Å². The number of carbonyl (C=O) groups excluding carboxylic acids is 3. The van der Waals surface area contributed by atoms with E-state index < -0.39 is 35.1 Å². The Balaban J connectivity index is 0.000000134. The fourth-order valence-electron chi connectivity index (χ4n) is 15.2. The number of aliphatic hydroxyl groups is 1. The van der Waals surface area contributed by atoms with Gasteiger partial charge in [-0.05, 0) is 170 Å². The minimum Gasteiger partial charge on any atom is -0.435 e. The summed E-state index contributed by atoms with van der Waals surface area (Å²) in [6.07, 6.45) is 1.75. The maximum absolute atomic E-state index is 15.4. The van der Waals surface area contributed by atoms with Crippen LogP contribution in [0, 0.1) is 38.2 Å². The maximum Gasteiger partial charge on any atom is 0.418 e. The van der Waals surface area contributed by atoms with Gasteiger partial charge in [0.15, 0.2) is 52.2 Å². The number of benzene rings is 6. The molecule has 3 amide bonds. The largest absolute Gasteiger partial charge is 0.435 e. The minimum atomic E-state index is -4.61. The molecule has 0 radical (unpaired) electrons. The van der Waals surface area contributed by atoms with Crippen molar-refractivity contribution < 1.29 is 60.0 Å². The molecular formula is C86H91F6N21O7. The number of carbonyl (C=O) groups is 3. The molecular weight excluding hydrogens is 1550 g/mol. The van der Waals surface area contributed by atoms with Gasteiger partial charge < -0.3 is 94.3 Å². The lowest BCUT2D eigenvalue weighted by molar-refractivity contribution is -0.137. The number of piperazine rings is 3. The highest BCUT2D eigenvalue weighted by molar-refractivity contribution is 6.04. The number of H-pyrrole nitrogens is 3. The van der Waals surface area contributed by atoms with Crippen LogP contribution in [0.5, 0.6) is 34.9 Å². The van der Waals surface area contributed by atoms with Gasteiger partial charge in [0.25, 0.3) is 17.7 Å². The molecule has 18 rings (SSSR count). The molecule has 0 saturated carbocycles. The summed E-state index contributed by atoms with van der Waals surface area (Å²) in [6, 6.07) is 32.5. The van der Waals surface area contributed by atoms with Crippen LogP contribution in [0.2, 0.25) is 0 Å². The van der Waals surface area contributed by atoms with Crippen LogP contribution in [0.25, 0.3) is 32.7 Å². The molecule has 6 aromatic heterocycles. The summed E-state index contributed by atoms with van der Waals surface area (Å²) in [6.45, 7) is 18.7. The lowest BCUT2D eigenvalue weighted by Gasteiger charge is -2.35. The number of likely N-dealkylation sites (tertiary alicyclic amines) is 3. The van der Waals surface area contributed by atoms with Gasteiger partial charge in [0, 0.05) is 207 Å². The number of halogens is 6. The highest BCUT2D eigenvalue weighted by atomic mass is 19.4. The van der Waals surface area contributed by atoms with E-state index >= 15 is 13.2 Å². The number of hydrogen-bond donors (Lipinski definition) is 7. The SMILES string of the molecule is Cc1cc2c(F)c(Oc3ncnc(Nc4ccc(N5CCN(C)CC5)c(C(F)(F)F)c4)c3C(=O)N3CCC3)ccc2[nH]1.Cc1cc2c(F)c(Oc3ncnc(Nc4ccc(N5CCN(C)CC5)cc4CO)c3C(=O)N3CCC3)ccc2[nH]1.Cc1cc2c(F)c(Oc3ncnc(Nc4cccc(N5CCN(C)CC5)c4)c3C(=O)N3CCC3)ccc2[nH]1. The van der Waals surface area contributed by atoms with E-state index in [0.717, 1.165) is 118 Å². The van der Waals surface area contributed by atoms with E-state index in [4.69, 9.17) is 14.2 Å². The summed E-state index contributed by atoms with van der Waals surface area (Å²) in [5.74, 6) is -2.64. The van der Waals surface area contributed by atoms with Crippen molar-refractivity contribution in [3.8, 4) is 34.9 Å². The molecule has 34 heteroatoms. The van der Waals surface area contributed by atoms with Gasteiger partial charge in [-0.25, -0.2) is 43.1 Å². The van der Waals surface area contributed by atoms with Crippen molar-refractivity contribution >= 4 is 102 Å². The van der Waals surface area contributed by atoms with Gasteiger partial charge in [-0.3, -0.25) is 14.4 Å². The molecule has 6 aromatic carbocycles. The van der Waals surface area contributed by atoms with Gasteiger partial charge >= 0.3 is 6.18 Å². The fraction of sp³-hybridized carbons (Fsp3) is 0.337. The summed E-state index contributed by atoms with van der Waals surface area (Å²) in [5, 5.41) is 20.7. The number of aryl methyl sites for hydroxylation is 3. The van der Waals surface area contributed by atoms with Gasteiger partial charge in [-0.1, -0.05) is 6.07 Å². The summed E-state index contributed by atoms with van der Waals surface area (Å²) >= 11 is 0. The molecule has 120 heavy (non-hydrogen) atoms. The van der Waals surface area contributed by atoms with Gasteiger partial charge in [-0.2, -0.15) is 13.2 Å². The minimum absolute atomic E-state index is 0.00382. The van der Waals surface area contributed by atoms with Gasteiger partial charge in [-0.15, -0.1) is 0 Å². The van der Waals surface area contributed by atoms with Crippen LogP contribution in [-0.4, -0.2) is 236 Å². The maximum atomic E-state index is 15.4. The number of alkyl halides is 3. The van der Waals surface area contributed by atoms with E-state index in [1.807, 2.05) is 57.3 Å². The molecule has 6 saturated heterocycles. The number of rotatable bonds is 19.